The highest BCUT2D eigenvalue weighted by molar-refractivity contribution is 8.00. The van der Waals surface area contributed by atoms with Gasteiger partial charge in [0.05, 0.1) is 10.9 Å². The van der Waals surface area contributed by atoms with Crippen molar-refractivity contribution >= 4 is 17.5 Å². The van der Waals surface area contributed by atoms with E-state index < -0.39 is 0 Å². The quantitative estimate of drug-likeness (QED) is 0.872. The van der Waals surface area contributed by atoms with Gasteiger partial charge in [-0.05, 0) is 48.7 Å². The van der Waals surface area contributed by atoms with Crippen LogP contribution in [0.3, 0.4) is 0 Å². The molecule has 1 heterocycles. The minimum atomic E-state index is -0.00532. The Bertz CT molecular complexity index is 667. The van der Waals surface area contributed by atoms with Crippen LogP contribution in [0.5, 0.6) is 0 Å². The Hall–Kier alpha value is -1.69. The van der Waals surface area contributed by atoms with E-state index in [2.05, 4.69) is 28.5 Å². The molecule has 21 heavy (non-hydrogen) atoms. The molecule has 0 unspecified atom stereocenters. The smallest absolute Gasteiger partial charge is 0.214 e. The number of thioether (sulfide) groups is 1. The van der Waals surface area contributed by atoms with Crippen molar-refractivity contribution in [1.29, 1.82) is 0 Å². The fourth-order valence-electron chi connectivity index (χ4n) is 2.65. The van der Waals surface area contributed by atoms with E-state index in [1.807, 2.05) is 19.1 Å². The highest BCUT2D eigenvalue weighted by Gasteiger charge is 2.26. The Morgan fingerprint density at radius 1 is 1.29 bits per heavy atom. The molecule has 3 rings (SSSR count). The van der Waals surface area contributed by atoms with Crippen LogP contribution in [0.15, 0.2) is 23.4 Å². The molecule has 0 radical (unpaired) electrons. The van der Waals surface area contributed by atoms with Gasteiger partial charge in [-0.25, -0.2) is 0 Å². The Balaban J connectivity index is 1.88. The van der Waals surface area contributed by atoms with Gasteiger partial charge in [0.2, 0.25) is 5.16 Å². The largest absolute Gasteiger partial charge is 0.298 e. The summed E-state index contributed by atoms with van der Waals surface area (Å²) in [5.74, 6) is 0.321. The molecule has 0 spiro atoms. The number of hydrogen-bond acceptors (Lipinski definition) is 5. The lowest BCUT2D eigenvalue weighted by Crippen LogP contribution is -2.21. The van der Waals surface area contributed by atoms with Crippen LogP contribution in [0.2, 0.25) is 0 Å². The normalized spacial score (nSPS) is 19.0. The van der Waals surface area contributed by atoms with Gasteiger partial charge in [0.25, 0.3) is 0 Å². The van der Waals surface area contributed by atoms with Gasteiger partial charge in [-0.3, -0.25) is 4.79 Å². The number of aromatic nitrogens is 4. The van der Waals surface area contributed by atoms with Crippen molar-refractivity contribution in [2.45, 2.75) is 49.9 Å². The van der Waals surface area contributed by atoms with Crippen molar-refractivity contribution in [2.75, 3.05) is 0 Å². The third-order valence-electron chi connectivity index (χ3n) is 3.77. The Morgan fingerprint density at radius 3 is 2.90 bits per heavy atom. The summed E-state index contributed by atoms with van der Waals surface area (Å²) in [7, 11) is 0. The molecule has 1 saturated carbocycles. The van der Waals surface area contributed by atoms with E-state index in [-0.39, 0.29) is 5.25 Å². The fourth-order valence-corrected chi connectivity index (χ4v) is 3.76. The Labute approximate surface area is 128 Å². The first kappa shape index (κ1) is 14.3. The van der Waals surface area contributed by atoms with E-state index >= 15 is 0 Å². The van der Waals surface area contributed by atoms with Gasteiger partial charge >= 0.3 is 0 Å². The molecule has 1 atom stereocenters. The number of carbonyl (C=O) groups excluding carboxylic acids is 1. The van der Waals surface area contributed by atoms with E-state index in [9.17, 15) is 4.79 Å². The first-order valence-electron chi connectivity index (χ1n) is 7.20. The predicted octanol–water partition coefficient (Wildman–Crippen LogP) is 2.88. The molecule has 1 aliphatic carbocycles. The van der Waals surface area contributed by atoms with Gasteiger partial charge in [0.15, 0.2) is 0 Å². The lowest BCUT2D eigenvalue weighted by molar-refractivity contribution is -0.119. The van der Waals surface area contributed by atoms with Crippen molar-refractivity contribution in [3.8, 4) is 5.69 Å². The third kappa shape index (κ3) is 3.00. The molecule has 110 valence electrons. The van der Waals surface area contributed by atoms with E-state index in [1.54, 1.807) is 4.68 Å². The fraction of sp³-hybridized carbons (Fsp3) is 0.467. The lowest BCUT2D eigenvalue weighted by Gasteiger charge is -2.19. The average molecular weight is 302 g/mol. The molecule has 1 aliphatic rings. The molecule has 0 bridgehead atoms. The summed E-state index contributed by atoms with van der Waals surface area (Å²) < 4.78 is 1.74. The van der Waals surface area contributed by atoms with Crippen molar-refractivity contribution < 1.29 is 4.79 Å². The maximum absolute atomic E-state index is 12.0. The van der Waals surface area contributed by atoms with Gasteiger partial charge in [-0.2, -0.15) is 4.68 Å². The van der Waals surface area contributed by atoms with E-state index in [0.29, 0.717) is 17.4 Å². The number of Topliss-reactive ketones (excluding diaryl/α,β-unsaturated/α-hetero) is 1. The first-order valence-corrected chi connectivity index (χ1v) is 8.08. The maximum atomic E-state index is 12.0. The van der Waals surface area contributed by atoms with Crippen LogP contribution >= 0.6 is 11.8 Å². The summed E-state index contributed by atoms with van der Waals surface area (Å²) >= 11 is 1.49. The summed E-state index contributed by atoms with van der Waals surface area (Å²) in [5.41, 5.74) is 3.30. The highest BCUT2D eigenvalue weighted by Crippen LogP contribution is 2.31. The molecule has 0 N–H and O–H groups in total. The van der Waals surface area contributed by atoms with Gasteiger partial charge in [0, 0.05) is 6.42 Å². The minimum absolute atomic E-state index is 0.00532. The summed E-state index contributed by atoms with van der Waals surface area (Å²) in [5, 5.41) is 12.7. The summed E-state index contributed by atoms with van der Waals surface area (Å²) in [6, 6.07) is 6.18. The zero-order chi connectivity index (χ0) is 14.8. The van der Waals surface area contributed by atoms with Crippen LogP contribution in [0.4, 0.5) is 0 Å². The van der Waals surface area contributed by atoms with Gasteiger partial charge in [-0.1, -0.05) is 35.9 Å². The summed E-state index contributed by atoms with van der Waals surface area (Å²) in [6.07, 6.45) is 3.72. The second-order valence-electron chi connectivity index (χ2n) is 5.48. The van der Waals surface area contributed by atoms with E-state index in [0.717, 1.165) is 30.5 Å². The molecule has 0 amide bonds. The first-order chi connectivity index (χ1) is 10.1. The third-order valence-corrected chi connectivity index (χ3v) is 5.02. The number of ketones is 1. The molecule has 5 nitrogen and oxygen atoms in total. The zero-order valence-corrected chi connectivity index (χ0v) is 13.1. The molecule has 1 aromatic carbocycles. The highest BCUT2D eigenvalue weighted by atomic mass is 32.2. The molecule has 2 aromatic rings. The average Bonchev–Trinajstić information content (AvgIpc) is 2.89. The second kappa shape index (κ2) is 5.97. The van der Waals surface area contributed by atoms with Crippen molar-refractivity contribution in [1.82, 2.24) is 20.2 Å². The molecule has 1 fully saturated rings. The number of tetrazole rings is 1. The van der Waals surface area contributed by atoms with Crippen LogP contribution in [0, 0.1) is 13.8 Å². The number of hydrogen-bond donors (Lipinski definition) is 0. The minimum Gasteiger partial charge on any atom is -0.298 e. The number of nitrogens with zero attached hydrogens (tertiary/aromatic N) is 4. The van der Waals surface area contributed by atoms with Crippen LogP contribution in [0.1, 0.15) is 36.8 Å². The van der Waals surface area contributed by atoms with Crippen molar-refractivity contribution in [3.05, 3.63) is 29.3 Å². The van der Waals surface area contributed by atoms with Gasteiger partial charge in [0.1, 0.15) is 5.78 Å². The van der Waals surface area contributed by atoms with Crippen molar-refractivity contribution in [2.24, 2.45) is 0 Å². The molecule has 0 aliphatic heterocycles. The SMILES string of the molecule is Cc1ccc(-n2nnnc2S[C@@H]2CCCCC2=O)c(C)c1. The number of benzene rings is 1. The van der Waals surface area contributed by atoms with E-state index in [1.165, 1.54) is 17.3 Å². The molecular formula is C15H18N4OS. The van der Waals surface area contributed by atoms with Crippen LogP contribution in [-0.2, 0) is 4.79 Å². The van der Waals surface area contributed by atoms with Crippen molar-refractivity contribution in [3.63, 3.8) is 0 Å². The number of carbonyl (C=O) groups is 1. The zero-order valence-electron chi connectivity index (χ0n) is 12.2. The standard InChI is InChI=1S/C15H18N4OS/c1-10-7-8-12(11(2)9-10)19-15(16-17-18-19)21-14-6-4-3-5-13(14)20/h7-9,14H,3-6H2,1-2H3/t14-/m1/s1. The summed E-state index contributed by atoms with van der Waals surface area (Å²) in [4.78, 5) is 12.0. The molecule has 0 saturated heterocycles. The van der Waals surface area contributed by atoms with Gasteiger partial charge in [-0.15, -0.1) is 5.10 Å². The molecule has 6 heteroatoms. The van der Waals surface area contributed by atoms with Crippen LogP contribution in [0.25, 0.3) is 5.69 Å². The van der Waals surface area contributed by atoms with Gasteiger partial charge < -0.3 is 0 Å². The molecule has 1 aromatic heterocycles. The predicted molar refractivity (Wildman–Crippen MR) is 81.7 cm³/mol. The molecular weight excluding hydrogens is 284 g/mol. The summed E-state index contributed by atoms with van der Waals surface area (Å²) in [6.45, 7) is 4.11. The monoisotopic (exact) mass is 302 g/mol. The lowest BCUT2D eigenvalue weighted by atomic mass is 9.99. The Morgan fingerprint density at radius 2 is 2.14 bits per heavy atom. The topological polar surface area (TPSA) is 60.7 Å². The second-order valence-corrected chi connectivity index (χ2v) is 6.65. The van der Waals surface area contributed by atoms with Crippen LogP contribution in [-0.4, -0.2) is 31.2 Å². The Kier molecular flexibility index (Phi) is 4.05. The maximum Gasteiger partial charge on any atom is 0.214 e. The van der Waals surface area contributed by atoms with Crippen LogP contribution < -0.4 is 0 Å². The van der Waals surface area contributed by atoms with E-state index in [4.69, 9.17) is 0 Å². The number of aryl methyl sites for hydroxylation is 2. The number of rotatable bonds is 3.